The Morgan fingerprint density at radius 2 is 1.83 bits per heavy atom. The normalized spacial score (nSPS) is 10.0. The SMILES string of the molecule is Cc1cccc(OCC(=O)NNC(=O)c2cccc(O)c2)c1C. The Labute approximate surface area is 134 Å². The Kier molecular flexibility index (Phi) is 5.19. The minimum Gasteiger partial charge on any atom is -0.508 e. The van der Waals surface area contributed by atoms with Gasteiger partial charge in [-0.3, -0.25) is 20.4 Å². The van der Waals surface area contributed by atoms with E-state index in [4.69, 9.17) is 4.74 Å². The monoisotopic (exact) mass is 314 g/mol. The van der Waals surface area contributed by atoms with Crippen molar-refractivity contribution in [2.45, 2.75) is 13.8 Å². The molecular formula is C17H18N2O4. The van der Waals surface area contributed by atoms with Crippen molar-refractivity contribution in [1.82, 2.24) is 10.9 Å². The number of benzene rings is 2. The zero-order valence-corrected chi connectivity index (χ0v) is 12.9. The van der Waals surface area contributed by atoms with Crippen LogP contribution in [0.3, 0.4) is 0 Å². The number of nitrogens with one attached hydrogen (secondary N) is 2. The fraction of sp³-hybridized carbons (Fsp3) is 0.176. The molecule has 0 aromatic heterocycles. The molecule has 3 N–H and O–H groups in total. The minimum absolute atomic E-state index is 0.0257. The van der Waals surface area contributed by atoms with Gasteiger partial charge in [0.2, 0.25) is 0 Å². The summed E-state index contributed by atoms with van der Waals surface area (Å²) in [5.74, 6) is -0.415. The van der Waals surface area contributed by atoms with Gasteiger partial charge in [-0.2, -0.15) is 0 Å². The highest BCUT2D eigenvalue weighted by molar-refractivity contribution is 5.95. The first-order valence-corrected chi connectivity index (χ1v) is 7.04. The van der Waals surface area contributed by atoms with Crippen molar-refractivity contribution in [3.63, 3.8) is 0 Å². The molecule has 0 atom stereocenters. The highest BCUT2D eigenvalue weighted by Gasteiger charge is 2.09. The van der Waals surface area contributed by atoms with Crippen molar-refractivity contribution in [2.24, 2.45) is 0 Å². The topological polar surface area (TPSA) is 87.7 Å². The third kappa shape index (κ3) is 4.47. The van der Waals surface area contributed by atoms with Crippen LogP contribution >= 0.6 is 0 Å². The van der Waals surface area contributed by atoms with E-state index >= 15 is 0 Å². The van der Waals surface area contributed by atoms with Crippen molar-refractivity contribution in [1.29, 1.82) is 0 Å². The zero-order chi connectivity index (χ0) is 16.8. The van der Waals surface area contributed by atoms with E-state index in [1.54, 1.807) is 6.07 Å². The van der Waals surface area contributed by atoms with Crippen LogP contribution in [-0.4, -0.2) is 23.5 Å². The number of carbonyl (C=O) groups is 2. The maximum atomic E-state index is 11.8. The van der Waals surface area contributed by atoms with Crippen LogP contribution in [0.1, 0.15) is 21.5 Å². The molecule has 6 nitrogen and oxygen atoms in total. The number of aromatic hydroxyl groups is 1. The number of hydrogen-bond acceptors (Lipinski definition) is 4. The van der Waals surface area contributed by atoms with Gasteiger partial charge in [-0.15, -0.1) is 0 Å². The van der Waals surface area contributed by atoms with Gasteiger partial charge in [-0.1, -0.05) is 18.2 Å². The van der Waals surface area contributed by atoms with Crippen molar-refractivity contribution in [3.8, 4) is 11.5 Å². The van der Waals surface area contributed by atoms with Gasteiger partial charge >= 0.3 is 0 Å². The van der Waals surface area contributed by atoms with Crippen LogP contribution < -0.4 is 15.6 Å². The summed E-state index contributed by atoms with van der Waals surface area (Å²) in [5, 5.41) is 9.31. The van der Waals surface area contributed by atoms with Crippen molar-refractivity contribution in [3.05, 3.63) is 59.2 Å². The lowest BCUT2D eigenvalue weighted by molar-refractivity contribution is -0.123. The molecule has 0 saturated heterocycles. The highest BCUT2D eigenvalue weighted by Crippen LogP contribution is 2.20. The Hall–Kier alpha value is -3.02. The number of aryl methyl sites for hydroxylation is 1. The van der Waals surface area contributed by atoms with Crippen molar-refractivity contribution >= 4 is 11.8 Å². The van der Waals surface area contributed by atoms with Crippen molar-refractivity contribution < 1.29 is 19.4 Å². The van der Waals surface area contributed by atoms with Gasteiger partial charge in [-0.05, 0) is 49.2 Å². The third-order valence-corrected chi connectivity index (χ3v) is 3.34. The average molecular weight is 314 g/mol. The summed E-state index contributed by atoms with van der Waals surface area (Å²) in [7, 11) is 0. The van der Waals surface area contributed by atoms with Crippen LogP contribution in [-0.2, 0) is 4.79 Å². The minimum atomic E-state index is -0.527. The molecule has 0 unspecified atom stereocenters. The first-order chi connectivity index (χ1) is 11.0. The number of phenols is 1. The molecule has 2 aromatic carbocycles. The number of hydrogen-bond donors (Lipinski definition) is 3. The van der Waals surface area contributed by atoms with E-state index in [0.29, 0.717) is 5.75 Å². The maximum Gasteiger partial charge on any atom is 0.276 e. The molecule has 23 heavy (non-hydrogen) atoms. The molecule has 120 valence electrons. The second-order valence-electron chi connectivity index (χ2n) is 5.04. The van der Waals surface area contributed by atoms with Crippen LogP contribution in [0.15, 0.2) is 42.5 Å². The number of amides is 2. The predicted molar refractivity (Wildman–Crippen MR) is 85.1 cm³/mol. The highest BCUT2D eigenvalue weighted by atomic mass is 16.5. The van der Waals surface area contributed by atoms with E-state index < -0.39 is 11.8 Å². The summed E-state index contributed by atoms with van der Waals surface area (Å²) >= 11 is 0. The maximum absolute atomic E-state index is 11.8. The quantitative estimate of drug-likeness (QED) is 0.752. The first kappa shape index (κ1) is 16.4. The third-order valence-electron chi connectivity index (χ3n) is 3.34. The van der Waals surface area contributed by atoms with Gasteiger partial charge < -0.3 is 9.84 Å². The first-order valence-electron chi connectivity index (χ1n) is 7.04. The van der Waals surface area contributed by atoms with Crippen LogP contribution in [0.4, 0.5) is 0 Å². The van der Waals surface area contributed by atoms with E-state index in [9.17, 15) is 14.7 Å². The van der Waals surface area contributed by atoms with Gasteiger partial charge in [0.1, 0.15) is 11.5 Å². The molecule has 0 aliphatic heterocycles. The summed E-state index contributed by atoms with van der Waals surface area (Å²) in [4.78, 5) is 23.5. The Balaban J connectivity index is 1.83. The molecule has 0 fully saturated rings. The lowest BCUT2D eigenvalue weighted by Gasteiger charge is -2.11. The lowest BCUT2D eigenvalue weighted by atomic mass is 10.1. The smallest absolute Gasteiger partial charge is 0.276 e. The molecule has 2 rings (SSSR count). The second kappa shape index (κ2) is 7.31. The Morgan fingerprint density at radius 1 is 1.09 bits per heavy atom. The van der Waals surface area contributed by atoms with Crippen LogP contribution in [0.25, 0.3) is 0 Å². The zero-order valence-electron chi connectivity index (χ0n) is 12.9. The van der Waals surface area contributed by atoms with Gasteiger partial charge in [0, 0.05) is 5.56 Å². The molecular weight excluding hydrogens is 296 g/mol. The largest absolute Gasteiger partial charge is 0.508 e. The van der Waals surface area contributed by atoms with Gasteiger partial charge in [0.05, 0.1) is 0 Å². The fourth-order valence-electron chi connectivity index (χ4n) is 1.91. The average Bonchev–Trinajstić information content (AvgIpc) is 2.54. The fourth-order valence-corrected chi connectivity index (χ4v) is 1.91. The van der Waals surface area contributed by atoms with E-state index in [2.05, 4.69) is 10.9 Å². The number of carbonyl (C=O) groups excluding carboxylic acids is 2. The van der Waals surface area contributed by atoms with Gasteiger partial charge in [0.15, 0.2) is 6.61 Å². The number of hydrazine groups is 1. The number of rotatable bonds is 4. The van der Waals surface area contributed by atoms with Crippen LogP contribution in [0.2, 0.25) is 0 Å². The molecule has 0 aliphatic carbocycles. The lowest BCUT2D eigenvalue weighted by Crippen LogP contribution is -2.43. The van der Waals surface area contributed by atoms with E-state index in [1.165, 1.54) is 24.3 Å². The molecule has 0 bridgehead atoms. The second-order valence-corrected chi connectivity index (χ2v) is 5.04. The summed E-state index contributed by atoms with van der Waals surface area (Å²) < 4.78 is 5.43. The molecule has 0 spiro atoms. The Morgan fingerprint density at radius 3 is 2.57 bits per heavy atom. The van der Waals surface area contributed by atoms with Gasteiger partial charge in [0.25, 0.3) is 11.8 Å². The van der Waals surface area contributed by atoms with Crippen molar-refractivity contribution in [2.75, 3.05) is 6.61 Å². The van der Waals surface area contributed by atoms with Crippen LogP contribution in [0, 0.1) is 13.8 Å². The molecule has 0 heterocycles. The van der Waals surface area contributed by atoms with E-state index in [-0.39, 0.29) is 17.9 Å². The van der Waals surface area contributed by atoms with Gasteiger partial charge in [-0.25, -0.2) is 0 Å². The standard InChI is InChI=1S/C17H18N2O4/c1-11-5-3-8-15(12(11)2)23-10-16(21)18-19-17(22)13-6-4-7-14(20)9-13/h3-9,20H,10H2,1-2H3,(H,18,21)(H,19,22). The van der Waals surface area contributed by atoms with Crippen LogP contribution in [0.5, 0.6) is 11.5 Å². The Bertz CT molecular complexity index is 728. The number of ether oxygens (including phenoxy) is 1. The molecule has 2 aromatic rings. The van der Waals surface area contributed by atoms with E-state index in [1.807, 2.05) is 26.0 Å². The molecule has 2 amide bonds. The molecule has 0 saturated carbocycles. The number of phenolic OH excluding ortho intramolecular Hbond substituents is 1. The molecule has 0 radical (unpaired) electrons. The molecule has 0 aliphatic rings. The molecule has 6 heteroatoms. The summed E-state index contributed by atoms with van der Waals surface area (Å²) in [5.41, 5.74) is 6.79. The summed E-state index contributed by atoms with van der Waals surface area (Å²) in [6, 6.07) is 11.4. The summed E-state index contributed by atoms with van der Waals surface area (Å²) in [6.45, 7) is 3.65. The van der Waals surface area contributed by atoms with E-state index in [0.717, 1.165) is 11.1 Å². The predicted octanol–water partition coefficient (Wildman–Crippen LogP) is 1.85. The summed E-state index contributed by atoms with van der Waals surface area (Å²) in [6.07, 6.45) is 0.